The summed E-state index contributed by atoms with van der Waals surface area (Å²) in [6, 6.07) is 15.3. The van der Waals surface area contributed by atoms with Crippen molar-refractivity contribution in [3.05, 3.63) is 78.6 Å². The van der Waals surface area contributed by atoms with Crippen LogP contribution in [-0.4, -0.2) is 33.3 Å². The lowest BCUT2D eigenvalue weighted by molar-refractivity contribution is -0.286. The van der Waals surface area contributed by atoms with Crippen molar-refractivity contribution in [1.29, 1.82) is 0 Å². The van der Waals surface area contributed by atoms with Crippen LogP contribution >= 0.6 is 0 Å². The number of hydrogen-bond donors (Lipinski definition) is 1. The van der Waals surface area contributed by atoms with Gasteiger partial charge in [0.1, 0.15) is 12.1 Å². The van der Waals surface area contributed by atoms with Crippen molar-refractivity contribution >= 4 is 11.6 Å². The minimum Gasteiger partial charge on any atom is -0.406 e. The summed E-state index contributed by atoms with van der Waals surface area (Å²) in [4.78, 5) is 16.7. The lowest BCUT2D eigenvalue weighted by atomic mass is 10.1. The summed E-state index contributed by atoms with van der Waals surface area (Å²) in [6.07, 6.45) is -7.16. The quantitative estimate of drug-likeness (QED) is 0.366. The Kier molecular flexibility index (Phi) is 5.46. The number of benzene rings is 3. The van der Waals surface area contributed by atoms with E-state index < -0.39 is 18.6 Å². The normalized spacial score (nSPS) is 13.9. The summed E-state index contributed by atoms with van der Waals surface area (Å²) in [5, 5.41) is 6.95. The maximum absolute atomic E-state index is 13.2. The summed E-state index contributed by atoms with van der Waals surface area (Å²) >= 11 is 0. The number of aromatic nitrogens is 3. The molecule has 0 fully saturated rings. The van der Waals surface area contributed by atoms with E-state index in [1.807, 2.05) is 0 Å². The maximum Gasteiger partial charge on any atom is 0.586 e. The van der Waals surface area contributed by atoms with Crippen LogP contribution in [0.15, 0.2) is 73.1 Å². The highest BCUT2D eigenvalue weighted by Crippen LogP contribution is 2.41. The largest absolute Gasteiger partial charge is 0.586 e. The van der Waals surface area contributed by atoms with Gasteiger partial charge in [-0.2, -0.15) is 0 Å². The number of nitrogens with zero attached hydrogens (tertiary/aromatic N) is 3. The van der Waals surface area contributed by atoms with E-state index in [2.05, 4.69) is 29.6 Å². The highest BCUT2D eigenvalue weighted by Gasteiger charge is 2.43. The van der Waals surface area contributed by atoms with Crippen LogP contribution in [0.4, 0.5) is 27.6 Å². The molecule has 1 N–H and O–H groups in total. The van der Waals surface area contributed by atoms with E-state index in [0.717, 1.165) is 18.2 Å². The Morgan fingerprint density at radius 3 is 2.33 bits per heavy atom. The number of ether oxygens (including phenoxy) is 3. The molecule has 0 aliphatic carbocycles. The topological polar surface area (TPSA) is 87.5 Å². The van der Waals surface area contributed by atoms with Crippen molar-refractivity contribution < 1.29 is 41.0 Å². The Hall–Kier alpha value is -4.68. The van der Waals surface area contributed by atoms with Crippen LogP contribution in [0.2, 0.25) is 0 Å². The van der Waals surface area contributed by atoms with Crippen LogP contribution in [0.5, 0.6) is 17.2 Å². The summed E-state index contributed by atoms with van der Waals surface area (Å²) in [5.41, 5.74) is 1.58. The molecule has 13 heteroatoms. The number of halogens is 5. The van der Waals surface area contributed by atoms with Gasteiger partial charge in [-0.25, -0.2) is 9.67 Å². The van der Waals surface area contributed by atoms with Gasteiger partial charge in [0.15, 0.2) is 17.3 Å². The highest BCUT2D eigenvalue weighted by molar-refractivity contribution is 6.04. The second kappa shape index (κ2) is 8.52. The minimum absolute atomic E-state index is 0.0891. The van der Waals surface area contributed by atoms with Gasteiger partial charge in [0, 0.05) is 16.8 Å². The molecule has 0 bridgehead atoms. The highest BCUT2D eigenvalue weighted by atomic mass is 19.4. The molecule has 0 spiro atoms. The zero-order chi connectivity index (χ0) is 25.5. The molecular weight excluding hydrogens is 491 g/mol. The average molecular weight is 504 g/mol. The van der Waals surface area contributed by atoms with E-state index in [1.165, 1.54) is 35.3 Å². The first-order valence-electron chi connectivity index (χ1n) is 10.1. The standard InChI is InChI=1S/C23H13F5N4O4/c24-22(25,26)34-17-8-6-16(7-9-17)32-12-29-20(31-32)13-1-4-15(5-2-13)30-21(33)14-3-10-18-19(11-14)36-23(27,28)35-18/h1-12H,(H,30,33). The number of fused-ring (bicyclic) bond motifs is 1. The molecular formula is C23H13F5N4O4. The summed E-state index contributed by atoms with van der Waals surface area (Å²) in [7, 11) is 0. The maximum atomic E-state index is 13.2. The third-order valence-corrected chi connectivity index (χ3v) is 4.89. The molecule has 0 unspecified atom stereocenters. The van der Waals surface area contributed by atoms with Crippen LogP contribution in [0.25, 0.3) is 17.1 Å². The second-order valence-corrected chi connectivity index (χ2v) is 7.41. The second-order valence-electron chi connectivity index (χ2n) is 7.41. The van der Waals surface area contributed by atoms with Crippen LogP contribution in [-0.2, 0) is 0 Å². The van der Waals surface area contributed by atoms with Crippen LogP contribution in [0.1, 0.15) is 10.4 Å². The van der Waals surface area contributed by atoms with Crippen LogP contribution in [0, 0.1) is 0 Å². The molecule has 1 aliphatic rings. The smallest absolute Gasteiger partial charge is 0.406 e. The number of carbonyl (C=O) groups excluding carboxylic acids is 1. The van der Waals surface area contributed by atoms with E-state index in [1.54, 1.807) is 24.3 Å². The predicted molar refractivity (Wildman–Crippen MR) is 114 cm³/mol. The van der Waals surface area contributed by atoms with E-state index in [-0.39, 0.29) is 22.8 Å². The van der Waals surface area contributed by atoms with Crippen molar-refractivity contribution in [3.63, 3.8) is 0 Å². The van der Waals surface area contributed by atoms with Gasteiger partial charge < -0.3 is 19.5 Å². The number of nitrogens with one attached hydrogen (secondary N) is 1. The third-order valence-electron chi connectivity index (χ3n) is 4.89. The van der Waals surface area contributed by atoms with Gasteiger partial charge in [-0.15, -0.1) is 27.1 Å². The Morgan fingerprint density at radius 2 is 1.64 bits per heavy atom. The molecule has 3 aromatic carbocycles. The molecule has 1 aromatic heterocycles. The van der Waals surface area contributed by atoms with Gasteiger partial charge in [-0.1, -0.05) is 0 Å². The Labute approximate surface area is 198 Å². The molecule has 0 saturated heterocycles. The van der Waals surface area contributed by atoms with Gasteiger partial charge >= 0.3 is 12.7 Å². The lowest BCUT2D eigenvalue weighted by Gasteiger charge is -2.09. The Balaban J connectivity index is 1.25. The van der Waals surface area contributed by atoms with Crippen molar-refractivity contribution in [3.8, 4) is 34.3 Å². The van der Waals surface area contributed by atoms with Crippen molar-refractivity contribution in [1.82, 2.24) is 14.8 Å². The molecule has 1 amide bonds. The van der Waals surface area contributed by atoms with Crippen molar-refractivity contribution in [2.24, 2.45) is 0 Å². The molecule has 0 saturated carbocycles. The van der Waals surface area contributed by atoms with Gasteiger partial charge in [0.2, 0.25) is 0 Å². The fourth-order valence-corrected chi connectivity index (χ4v) is 3.32. The van der Waals surface area contributed by atoms with E-state index in [4.69, 9.17) is 0 Å². The molecule has 4 aromatic rings. The van der Waals surface area contributed by atoms with Crippen LogP contribution < -0.4 is 19.5 Å². The third kappa shape index (κ3) is 5.04. The predicted octanol–water partition coefficient (Wildman–Crippen LogP) is 5.41. The SMILES string of the molecule is O=C(Nc1ccc(-c2ncn(-c3ccc(OC(F)(F)F)cc3)n2)cc1)c1ccc2c(c1)OC(F)(F)O2. The first-order valence-corrected chi connectivity index (χ1v) is 10.1. The van der Waals surface area contributed by atoms with Crippen molar-refractivity contribution in [2.45, 2.75) is 12.7 Å². The Bertz CT molecular complexity index is 1420. The first kappa shape index (κ1) is 23.1. The zero-order valence-corrected chi connectivity index (χ0v) is 17.8. The summed E-state index contributed by atoms with van der Waals surface area (Å²) < 4.78 is 77.1. The fourth-order valence-electron chi connectivity index (χ4n) is 3.32. The molecule has 1 aliphatic heterocycles. The molecule has 5 rings (SSSR count). The van der Waals surface area contributed by atoms with E-state index in [9.17, 15) is 26.7 Å². The number of rotatable bonds is 5. The zero-order valence-electron chi connectivity index (χ0n) is 17.8. The number of carbonyl (C=O) groups is 1. The molecule has 36 heavy (non-hydrogen) atoms. The molecule has 2 heterocycles. The molecule has 0 radical (unpaired) electrons. The van der Waals surface area contributed by atoms with Gasteiger partial charge in [0.25, 0.3) is 5.91 Å². The summed E-state index contributed by atoms with van der Waals surface area (Å²) in [6.45, 7) is 0. The van der Waals surface area contributed by atoms with Gasteiger partial charge in [-0.05, 0) is 66.7 Å². The number of amides is 1. The van der Waals surface area contributed by atoms with Crippen molar-refractivity contribution in [2.75, 3.05) is 5.32 Å². The number of hydrogen-bond acceptors (Lipinski definition) is 6. The monoisotopic (exact) mass is 504 g/mol. The minimum atomic E-state index is -4.78. The fraction of sp³-hybridized carbons (Fsp3) is 0.0870. The van der Waals surface area contributed by atoms with E-state index in [0.29, 0.717) is 22.8 Å². The Morgan fingerprint density at radius 1 is 0.944 bits per heavy atom. The van der Waals surface area contributed by atoms with Gasteiger partial charge in [0.05, 0.1) is 5.69 Å². The molecule has 8 nitrogen and oxygen atoms in total. The summed E-state index contributed by atoms with van der Waals surface area (Å²) in [5.74, 6) is -0.988. The van der Waals surface area contributed by atoms with Crippen LogP contribution in [0.3, 0.4) is 0 Å². The molecule has 0 atom stereocenters. The number of anilines is 1. The average Bonchev–Trinajstić information content (AvgIpc) is 3.42. The van der Waals surface area contributed by atoms with Gasteiger partial charge in [-0.3, -0.25) is 4.79 Å². The lowest BCUT2D eigenvalue weighted by Crippen LogP contribution is -2.25. The molecule has 184 valence electrons. The first-order chi connectivity index (χ1) is 17.0. The van der Waals surface area contributed by atoms with E-state index >= 15 is 0 Å². The number of alkyl halides is 5.